The normalized spacial score (nSPS) is 27.9. The molecule has 1 aliphatic carbocycles. The molecule has 2 N–H and O–H groups in total. The lowest BCUT2D eigenvalue weighted by Crippen LogP contribution is -2.53. The third-order valence-electron chi connectivity index (χ3n) is 3.65. The van der Waals surface area contributed by atoms with Crippen LogP contribution in [0.15, 0.2) is 12.2 Å². The van der Waals surface area contributed by atoms with Gasteiger partial charge in [0.25, 0.3) is 0 Å². The van der Waals surface area contributed by atoms with Gasteiger partial charge in [-0.2, -0.15) is 0 Å². The molecule has 2 amide bonds. The molecule has 2 rings (SSSR count). The number of hydrogen-bond donors (Lipinski definition) is 2. The van der Waals surface area contributed by atoms with E-state index < -0.39 is 12.0 Å². The van der Waals surface area contributed by atoms with Crippen LogP contribution in [0.3, 0.4) is 0 Å². The number of nitrogens with zero attached hydrogens (tertiary/aromatic N) is 1. The number of piperidine rings is 1. The lowest BCUT2D eigenvalue weighted by Gasteiger charge is -2.34. The standard InChI is InChI=1S/C13H20N2O3/c16-12(17)11-8-4-5-9-15(11)13(18)14-10-6-2-1-3-7-10/h1-2,10-11H,3-9H2,(H,14,18)(H,16,17). The largest absolute Gasteiger partial charge is 0.480 e. The molecule has 0 radical (unpaired) electrons. The van der Waals surface area contributed by atoms with Crippen molar-refractivity contribution in [2.75, 3.05) is 6.54 Å². The number of allylic oxidation sites excluding steroid dienone is 1. The first-order valence-electron chi connectivity index (χ1n) is 6.63. The van der Waals surface area contributed by atoms with Crippen LogP contribution in [0.25, 0.3) is 0 Å². The van der Waals surface area contributed by atoms with E-state index in [0.717, 1.165) is 32.1 Å². The van der Waals surface area contributed by atoms with Gasteiger partial charge in [-0.3, -0.25) is 0 Å². The van der Waals surface area contributed by atoms with Crippen LogP contribution in [-0.4, -0.2) is 40.6 Å². The zero-order chi connectivity index (χ0) is 13.0. The second-order valence-corrected chi connectivity index (χ2v) is 4.97. The van der Waals surface area contributed by atoms with Gasteiger partial charge in [-0.1, -0.05) is 12.2 Å². The van der Waals surface area contributed by atoms with Gasteiger partial charge in [-0.15, -0.1) is 0 Å². The minimum Gasteiger partial charge on any atom is -0.480 e. The van der Waals surface area contributed by atoms with Gasteiger partial charge in [0.2, 0.25) is 0 Å². The fourth-order valence-corrected chi connectivity index (χ4v) is 2.61. The summed E-state index contributed by atoms with van der Waals surface area (Å²) < 4.78 is 0. The molecule has 1 aliphatic heterocycles. The average molecular weight is 252 g/mol. The molecule has 5 heteroatoms. The van der Waals surface area contributed by atoms with Crippen molar-refractivity contribution in [3.63, 3.8) is 0 Å². The third-order valence-corrected chi connectivity index (χ3v) is 3.65. The molecular formula is C13H20N2O3. The van der Waals surface area contributed by atoms with Crippen LogP contribution in [0, 0.1) is 0 Å². The van der Waals surface area contributed by atoms with Crippen molar-refractivity contribution in [2.45, 2.75) is 50.6 Å². The topological polar surface area (TPSA) is 69.6 Å². The number of aliphatic carboxylic acids is 1. The summed E-state index contributed by atoms with van der Waals surface area (Å²) in [6.07, 6.45) is 9.28. The summed E-state index contributed by atoms with van der Waals surface area (Å²) in [5.41, 5.74) is 0. The molecule has 100 valence electrons. The number of carbonyl (C=O) groups excluding carboxylic acids is 1. The van der Waals surface area contributed by atoms with Crippen LogP contribution in [0.4, 0.5) is 4.79 Å². The van der Waals surface area contributed by atoms with Gasteiger partial charge in [-0.05, 0) is 38.5 Å². The Hall–Kier alpha value is -1.52. The zero-order valence-corrected chi connectivity index (χ0v) is 10.5. The molecule has 0 saturated carbocycles. The van der Waals surface area contributed by atoms with Crippen molar-refractivity contribution >= 4 is 12.0 Å². The Morgan fingerprint density at radius 3 is 2.72 bits per heavy atom. The quantitative estimate of drug-likeness (QED) is 0.735. The van der Waals surface area contributed by atoms with E-state index in [1.54, 1.807) is 0 Å². The van der Waals surface area contributed by atoms with Crippen molar-refractivity contribution in [3.8, 4) is 0 Å². The van der Waals surface area contributed by atoms with E-state index in [9.17, 15) is 9.59 Å². The maximum absolute atomic E-state index is 12.1. The van der Waals surface area contributed by atoms with E-state index in [1.165, 1.54) is 4.90 Å². The second-order valence-electron chi connectivity index (χ2n) is 4.97. The lowest BCUT2D eigenvalue weighted by molar-refractivity contribution is -0.143. The monoisotopic (exact) mass is 252 g/mol. The molecule has 2 atom stereocenters. The Labute approximate surface area is 107 Å². The van der Waals surface area contributed by atoms with Gasteiger partial charge >= 0.3 is 12.0 Å². The summed E-state index contributed by atoms with van der Waals surface area (Å²) in [5.74, 6) is -0.895. The van der Waals surface area contributed by atoms with Crippen molar-refractivity contribution in [3.05, 3.63) is 12.2 Å². The fraction of sp³-hybridized carbons (Fsp3) is 0.692. The van der Waals surface area contributed by atoms with Crippen molar-refractivity contribution in [1.82, 2.24) is 10.2 Å². The van der Waals surface area contributed by atoms with Crippen LogP contribution in [-0.2, 0) is 4.79 Å². The summed E-state index contributed by atoms with van der Waals surface area (Å²) in [4.78, 5) is 24.7. The molecule has 1 fully saturated rings. The van der Waals surface area contributed by atoms with E-state index in [1.807, 2.05) is 0 Å². The number of amides is 2. The van der Waals surface area contributed by atoms with E-state index in [4.69, 9.17) is 5.11 Å². The molecule has 5 nitrogen and oxygen atoms in total. The summed E-state index contributed by atoms with van der Waals surface area (Å²) in [5, 5.41) is 12.1. The van der Waals surface area contributed by atoms with Gasteiger partial charge in [-0.25, -0.2) is 9.59 Å². The molecule has 0 aromatic rings. The molecule has 0 bridgehead atoms. The maximum Gasteiger partial charge on any atom is 0.326 e. The Morgan fingerprint density at radius 1 is 1.22 bits per heavy atom. The first-order valence-corrected chi connectivity index (χ1v) is 6.63. The van der Waals surface area contributed by atoms with Crippen LogP contribution in [0.2, 0.25) is 0 Å². The lowest BCUT2D eigenvalue weighted by atomic mass is 10.0. The van der Waals surface area contributed by atoms with Gasteiger partial charge < -0.3 is 15.3 Å². The second kappa shape index (κ2) is 5.89. The first-order chi connectivity index (χ1) is 8.68. The number of hydrogen-bond acceptors (Lipinski definition) is 2. The highest BCUT2D eigenvalue weighted by atomic mass is 16.4. The van der Waals surface area contributed by atoms with Gasteiger partial charge in [0.15, 0.2) is 0 Å². The summed E-state index contributed by atoms with van der Waals surface area (Å²) in [6.45, 7) is 0.547. The van der Waals surface area contributed by atoms with Gasteiger partial charge in [0, 0.05) is 12.6 Å². The van der Waals surface area contributed by atoms with Crippen LogP contribution in [0.5, 0.6) is 0 Å². The molecule has 0 aromatic carbocycles. The highest BCUT2D eigenvalue weighted by molar-refractivity contribution is 5.83. The highest BCUT2D eigenvalue weighted by Crippen LogP contribution is 2.18. The molecule has 1 saturated heterocycles. The van der Waals surface area contributed by atoms with E-state index in [-0.39, 0.29) is 12.1 Å². The number of carbonyl (C=O) groups is 2. The third kappa shape index (κ3) is 3.03. The summed E-state index contributed by atoms with van der Waals surface area (Å²) in [6, 6.07) is -0.723. The van der Waals surface area contributed by atoms with E-state index in [2.05, 4.69) is 17.5 Å². The Morgan fingerprint density at radius 2 is 2.06 bits per heavy atom. The highest BCUT2D eigenvalue weighted by Gasteiger charge is 2.32. The molecule has 0 spiro atoms. The van der Waals surface area contributed by atoms with E-state index in [0.29, 0.717) is 13.0 Å². The van der Waals surface area contributed by atoms with E-state index >= 15 is 0 Å². The van der Waals surface area contributed by atoms with Crippen molar-refractivity contribution in [1.29, 1.82) is 0 Å². The van der Waals surface area contributed by atoms with Crippen LogP contribution in [0.1, 0.15) is 38.5 Å². The molecule has 18 heavy (non-hydrogen) atoms. The number of carboxylic acid groups (broad SMARTS) is 1. The average Bonchev–Trinajstić information content (AvgIpc) is 2.40. The summed E-state index contributed by atoms with van der Waals surface area (Å²) >= 11 is 0. The van der Waals surface area contributed by atoms with Crippen LogP contribution < -0.4 is 5.32 Å². The number of urea groups is 1. The zero-order valence-electron chi connectivity index (χ0n) is 10.5. The summed E-state index contributed by atoms with van der Waals surface area (Å²) in [7, 11) is 0. The predicted molar refractivity (Wildman–Crippen MR) is 67.3 cm³/mol. The van der Waals surface area contributed by atoms with Crippen molar-refractivity contribution < 1.29 is 14.7 Å². The number of rotatable bonds is 2. The molecular weight excluding hydrogens is 232 g/mol. The van der Waals surface area contributed by atoms with Gasteiger partial charge in [0.1, 0.15) is 6.04 Å². The predicted octanol–water partition coefficient (Wildman–Crippen LogP) is 1.74. The number of likely N-dealkylation sites (tertiary alicyclic amines) is 1. The van der Waals surface area contributed by atoms with Crippen molar-refractivity contribution in [2.24, 2.45) is 0 Å². The Bertz CT molecular complexity index is 354. The van der Waals surface area contributed by atoms with Gasteiger partial charge in [0.05, 0.1) is 0 Å². The minimum atomic E-state index is -0.895. The molecule has 1 heterocycles. The SMILES string of the molecule is O=C(O)C1CCCCN1C(=O)NC1CC=CCC1. The number of nitrogens with one attached hydrogen (secondary N) is 1. The molecule has 2 unspecified atom stereocenters. The maximum atomic E-state index is 12.1. The number of carboxylic acids is 1. The Kier molecular flexibility index (Phi) is 4.23. The first kappa shape index (κ1) is 12.9. The Balaban J connectivity index is 1.93. The minimum absolute atomic E-state index is 0.152. The fourth-order valence-electron chi connectivity index (χ4n) is 2.61. The van der Waals surface area contributed by atoms with Crippen LogP contribution >= 0.6 is 0 Å². The smallest absolute Gasteiger partial charge is 0.326 e. The molecule has 0 aromatic heterocycles. The molecule has 2 aliphatic rings.